The van der Waals surface area contributed by atoms with E-state index in [1.54, 1.807) is 13.8 Å². The first kappa shape index (κ1) is 25.4. The number of carbonyl (C=O) groups is 1. The smallest absolute Gasteiger partial charge is 0.318 e. The van der Waals surface area contributed by atoms with Crippen LogP contribution in [-0.4, -0.2) is 18.9 Å². The van der Waals surface area contributed by atoms with Crippen LogP contribution < -0.4 is 5.73 Å². The van der Waals surface area contributed by atoms with Gasteiger partial charge in [-0.05, 0) is 68.7 Å². The average molecular weight is 482 g/mol. The van der Waals surface area contributed by atoms with E-state index in [-0.39, 0.29) is 16.6 Å². The topological polar surface area (TPSA) is 77.2 Å². The first-order chi connectivity index (χ1) is 15.3. The summed E-state index contributed by atoms with van der Waals surface area (Å²) in [6.07, 6.45) is -1.42. The summed E-state index contributed by atoms with van der Waals surface area (Å²) in [7, 11) is -3.95. The van der Waals surface area contributed by atoms with Gasteiger partial charge in [0.2, 0.25) is 0 Å². The van der Waals surface area contributed by atoms with E-state index in [1.807, 2.05) is 30.3 Å². The molecule has 1 aliphatic rings. The van der Waals surface area contributed by atoms with Crippen molar-refractivity contribution in [2.24, 2.45) is 17.6 Å². The van der Waals surface area contributed by atoms with Crippen molar-refractivity contribution in [1.82, 2.24) is 0 Å². The number of alkyl halides is 3. The number of rotatable bonds is 9. The summed E-state index contributed by atoms with van der Waals surface area (Å²) in [6, 6.07) is 12.5. The molecule has 1 atom stereocenters. The molecule has 2 aromatic carbocycles. The summed E-state index contributed by atoms with van der Waals surface area (Å²) in [4.78, 5) is 12.1. The lowest BCUT2D eigenvalue weighted by Crippen LogP contribution is -2.46. The van der Waals surface area contributed by atoms with Gasteiger partial charge < -0.3 is 5.73 Å². The van der Waals surface area contributed by atoms with Gasteiger partial charge in [0.15, 0.2) is 15.6 Å². The molecule has 0 saturated heterocycles. The number of carbonyl (C=O) groups excluding carboxylic acids is 1. The molecule has 4 nitrogen and oxygen atoms in total. The molecule has 0 aromatic heterocycles. The van der Waals surface area contributed by atoms with E-state index >= 15 is 0 Å². The first-order valence-electron chi connectivity index (χ1n) is 11.1. The van der Waals surface area contributed by atoms with Gasteiger partial charge in [-0.1, -0.05) is 42.8 Å². The van der Waals surface area contributed by atoms with E-state index in [0.29, 0.717) is 31.6 Å². The van der Waals surface area contributed by atoms with Crippen molar-refractivity contribution in [2.45, 2.75) is 67.8 Å². The molecule has 0 spiro atoms. The van der Waals surface area contributed by atoms with Gasteiger partial charge in [-0.25, -0.2) is 8.42 Å². The molecule has 0 heterocycles. The summed E-state index contributed by atoms with van der Waals surface area (Å²) < 4.78 is 64.2. The molecular formula is C25H30F3NO3S. The molecule has 1 fully saturated rings. The van der Waals surface area contributed by atoms with Crippen molar-refractivity contribution in [3.63, 3.8) is 0 Å². The normalized spacial score (nSPS) is 20.2. The highest BCUT2D eigenvalue weighted by Gasteiger charge is 2.48. The summed E-state index contributed by atoms with van der Waals surface area (Å²) in [6.45, 7) is 3.18. The zero-order valence-electron chi connectivity index (χ0n) is 18.8. The molecule has 0 unspecified atom stereocenters. The molecule has 0 aliphatic heterocycles. The number of sulfone groups is 1. The maximum absolute atomic E-state index is 13.2. The standard InChI is InChI=1S/C25H30F3NO3S/c1-24(2,33(31,32)21-12-7-11-19(16-21)25(26,27)28)20-14-17(15-20)8-6-13-22(30)23(29)18-9-4-3-5-10-18/h3-5,7,9-12,16-17,20,23H,6,8,13-15,29H2,1-2H3/t17?,20?,23-/m0/s1. The third-order valence-corrected chi connectivity index (χ3v) is 9.52. The van der Waals surface area contributed by atoms with E-state index in [2.05, 4.69) is 0 Å². The van der Waals surface area contributed by atoms with E-state index in [9.17, 15) is 26.4 Å². The van der Waals surface area contributed by atoms with Crippen LogP contribution in [0.4, 0.5) is 13.2 Å². The summed E-state index contributed by atoms with van der Waals surface area (Å²) >= 11 is 0. The molecule has 1 saturated carbocycles. The minimum atomic E-state index is -4.60. The Bertz CT molecular complexity index is 1080. The van der Waals surface area contributed by atoms with E-state index in [1.165, 1.54) is 6.07 Å². The van der Waals surface area contributed by atoms with Crippen LogP contribution in [0.15, 0.2) is 59.5 Å². The predicted octanol–water partition coefficient (Wildman–Crippen LogP) is 5.72. The first-order valence-corrected chi connectivity index (χ1v) is 12.6. The molecule has 0 bridgehead atoms. The van der Waals surface area contributed by atoms with E-state index < -0.39 is 32.4 Å². The predicted molar refractivity (Wildman–Crippen MR) is 121 cm³/mol. The third-order valence-electron chi connectivity index (χ3n) is 6.92. The summed E-state index contributed by atoms with van der Waals surface area (Å²) in [5.74, 6) is 0.126. The Balaban J connectivity index is 1.54. The Morgan fingerprint density at radius 3 is 2.30 bits per heavy atom. The lowest BCUT2D eigenvalue weighted by atomic mass is 9.67. The molecule has 0 amide bonds. The van der Waals surface area contributed by atoms with Crippen LogP contribution >= 0.6 is 0 Å². The minimum absolute atomic E-state index is 0.0236. The van der Waals surface area contributed by atoms with Gasteiger partial charge in [0.25, 0.3) is 0 Å². The van der Waals surface area contributed by atoms with Gasteiger partial charge in [0.1, 0.15) is 0 Å². The Labute approximate surface area is 193 Å². The number of hydrogen-bond acceptors (Lipinski definition) is 4. The fourth-order valence-electron chi connectivity index (χ4n) is 4.47. The van der Waals surface area contributed by atoms with Crippen LogP contribution in [0.2, 0.25) is 0 Å². The molecule has 0 radical (unpaired) electrons. The van der Waals surface area contributed by atoms with Gasteiger partial charge in [-0.3, -0.25) is 4.79 Å². The Morgan fingerprint density at radius 1 is 1.06 bits per heavy atom. The van der Waals surface area contributed by atoms with E-state index in [0.717, 1.165) is 30.2 Å². The monoisotopic (exact) mass is 481 g/mol. The van der Waals surface area contributed by atoms with Gasteiger partial charge in [0, 0.05) is 6.42 Å². The van der Waals surface area contributed by atoms with Crippen LogP contribution in [0, 0.1) is 11.8 Å². The number of benzene rings is 2. The molecule has 1 aliphatic carbocycles. The van der Waals surface area contributed by atoms with Crippen molar-refractivity contribution in [2.75, 3.05) is 0 Å². The maximum atomic E-state index is 13.2. The second-order valence-electron chi connectivity index (χ2n) is 9.41. The highest BCUT2D eigenvalue weighted by Crippen LogP contribution is 2.48. The highest BCUT2D eigenvalue weighted by atomic mass is 32.2. The molecular weight excluding hydrogens is 451 g/mol. The molecule has 33 heavy (non-hydrogen) atoms. The summed E-state index contributed by atoms with van der Waals surface area (Å²) in [5.41, 5.74) is 5.85. The van der Waals surface area contributed by atoms with Gasteiger partial charge in [0.05, 0.1) is 21.2 Å². The van der Waals surface area contributed by atoms with Gasteiger partial charge in [-0.2, -0.15) is 13.2 Å². The number of nitrogens with two attached hydrogens (primary N) is 1. The lowest BCUT2D eigenvalue weighted by molar-refractivity contribution is -0.137. The van der Waals surface area contributed by atoms with Crippen LogP contribution in [-0.2, 0) is 20.8 Å². The Morgan fingerprint density at radius 2 is 1.70 bits per heavy atom. The van der Waals surface area contributed by atoms with Crippen LogP contribution in [0.25, 0.3) is 0 Å². The van der Waals surface area contributed by atoms with Gasteiger partial charge >= 0.3 is 6.18 Å². The quantitative estimate of drug-likeness (QED) is 0.497. The fraction of sp³-hybridized carbons (Fsp3) is 0.480. The SMILES string of the molecule is CC(C)(C1CC(CCCC(=O)[C@@H](N)c2ccccc2)C1)S(=O)(=O)c1cccc(C(F)(F)F)c1. The van der Waals surface area contributed by atoms with Crippen LogP contribution in [0.5, 0.6) is 0 Å². The number of hydrogen-bond donors (Lipinski definition) is 1. The molecule has 3 rings (SSSR count). The average Bonchev–Trinajstić information content (AvgIpc) is 2.74. The van der Waals surface area contributed by atoms with Crippen LogP contribution in [0.1, 0.15) is 63.1 Å². The second-order valence-corrected chi connectivity index (χ2v) is 11.9. The Hall–Kier alpha value is -2.19. The lowest BCUT2D eigenvalue weighted by Gasteiger charge is -2.45. The van der Waals surface area contributed by atoms with Crippen molar-refractivity contribution in [3.05, 3.63) is 65.7 Å². The van der Waals surface area contributed by atoms with Crippen molar-refractivity contribution < 1.29 is 26.4 Å². The number of halogens is 3. The molecule has 180 valence electrons. The van der Waals surface area contributed by atoms with Crippen molar-refractivity contribution in [1.29, 1.82) is 0 Å². The number of Topliss-reactive ketones (excluding diaryl/α,β-unsaturated/α-hetero) is 1. The third kappa shape index (κ3) is 5.49. The second kappa shape index (κ2) is 9.58. The molecule has 2 N–H and O–H groups in total. The zero-order chi connectivity index (χ0) is 24.4. The molecule has 8 heteroatoms. The molecule has 2 aromatic rings. The van der Waals surface area contributed by atoms with Crippen LogP contribution in [0.3, 0.4) is 0 Å². The number of ketones is 1. The highest BCUT2D eigenvalue weighted by molar-refractivity contribution is 7.92. The largest absolute Gasteiger partial charge is 0.416 e. The van der Waals surface area contributed by atoms with Crippen molar-refractivity contribution >= 4 is 15.6 Å². The van der Waals surface area contributed by atoms with Gasteiger partial charge in [-0.15, -0.1) is 0 Å². The Kier molecular flexibility index (Phi) is 7.39. The minimum Gasteiger partial charge on any atom is -0.318 e. The maximum Gasteiger partial charge on any atom is 0.416 e. The fourth-order valence-corrected chi connectivity index (χ4v) is 6.25. The summed E-state index contributed by atoms with van der Waals surface area (Å²) in [5, 5.41) is 0. The van der Waals surface area contributed by atoms with E-state index in [4.69, 9.17) is 5.73 Å². The van der Waals surface area contributed by atoms with Crippen molar-refractivity contribution in [3.8, 4) is 0 Å². The zero-order valence-corrected chi connectivity index (χ0v) is 19.6.